The van der Waals surface area contributed by atoms with Crippen LogP contribution in [-0.2, 0) is 9.59 Å². The average molecular weight is 212 g/mol. The molecule has 0 spiro atoms. The second-order valence-corrected chi connectivity index (χ2v) is 3.39. The van der Waals surface area contributed by atoms with Gasteiger partial charge in [0.05, 0.1) is 0 Å². The molecule has 0 aliphatic rings. The number of carbonyl (C=O) groups is 2. The molecule has 0 fully saturated rings. The summed E-state index contributed by atoms with van der Waals surface area (Å²) in [5.74, 6) is -4.98. The minimum Gasteiger partial charge on any atom is -0.481 e. The fourth-order valence-corrected chi connectivity index (χ4v) is 1.37. The number of aliphatic carboxylic acids is 2. The van der Waals surface area contributed by atoms with Crippen molar-refractivity contribution >= 4 is 20.3 Å². The lowest BCUT2D eigenvalue weighted by Crippen LogP contribution is -2.36. The standard InChI is InChI=1S/C5H9O7P/c6-3(5(9)10)2(4(7)8)1-13(11)12/h2-3,6,11-12H,1H2,(H,7,8)(H,9,10)/t2?,3-/m1/s1. The van der Waals surface area contributed by atoms with E-state index in [9.17, 15) is 9.59 Å². The summed E-state index contributed by atoms with van der Waals surface area (Å²) in [5.41, 5.74) is 0. The summed E-state index contributed by atoms with van der Waals surface area (Å²) in [7, 11) is -2.53. The Balaban J connectivity index is 4.42. The highest BCUT2D eigenvalue weighted by atomic mass is 31.2. The van der Waals surface area contributed by atoms with Gasteiger partial charge in [-0.05, 0) is 0 Å². The van der Waals surface area contributed by atoms with Crippen molar-refractivity contribution in [3.05, 3.63) is 0 Å². The van der Waals surface area contributed by atoms with Gasteiger partial charge in [-0.15, -0.1) is 0 Å². The summed E-state index contributed by atoms with van der Waals surface area (Å²) in [5, 5.41) is 25.5. The second-order valence-electron chi connectivity index (χ2n) is 2.28. The van der Waals surface area contributed by atoms with Gasteiger partial charge in [0, 0.05) is 6.16 Å². The molecule has 5 N–H and O–H groups in total. The molecule has 0 saturated carbocycles. The van der Waals surface area contributed by atoms with Gasteiger partial charge in [0.2, 0.25) is 0 Å². The molecule has 0 amide bonds. The van der Waals surface area contributed by atoms with Gasteiger partial charge in [0.15, 0.2) is 14.5 Å². The Morgan fingerprint density at radius 2 is 1.62 bits per heavy atom. The van der Waals surface area contributed by atoms with Crippen LogP contribution >= 0.6 is 8.38 Å². The molecule has 0 aliphatic heterocycles. The minimum atomic E-state index is -2.53. The fraction of sp³-hybridized carbons (Fsp3) is 0.600. The number of carboxylic acids is 2. The molecule has 0 heterocycles. The first-order valence-electron chi connectivity index (χ1n) is 3.15. The van der Waals surface area contributed by atoms with Crippen molar-refractivity contribution in [1.82, 2.24) is 0 Å². The quantitative estimate of drug-likeness (QED) is 0.347. The van der Waals surface area contributed by atoms with Gasteiger partial charge in [-0.1, -0.05) is 0 Å². The van der Waals surface area contributed by atoms with Gasteiger partial charge in [-0.3, -0.25) is 4.79 Å². The maximum Gasteiger partial charge on any atom is 0.333 e. The zero-order valence-electron chi connectivity index (χ0n) is 6.36. The highest BCUT2D eigenvalue weighted by Crippen LogP contribution is 2.28. The Morgan fingerprint density at radius 1 is 1.15 bits per heavy atom. The Labute approximate surface area is 74.2 Å². The fourth-order valence-electron chi connectivity index (χ4n) is 0.661. The van der Waals surface area contributed by atoms with Crippen LogP contribution in [0.2, 0.25) is 0 Å². The van der Waals surface area contributed by atoms with Crippen molar-refractivity contribution in [2.24, 2.45) is 5.92 Å². The molecule has 2 atom stereocenters. The monoisotopic (exact) mass is 212 g/mol. The summed E-state index contributed by atoms with van der Waals surface area (Å²) in [4.78, 5) is 37.4. The third-order valence-corrected chi connectivity index (χ3v) is 2.03. The van der Waals surface area contributed by atoms with Crippen LogP contribution in [0, 0.1) is 5.92 Å². The highest BCUT2D eigenvalue weighted by Gasteiger charge is 2.33. The first-order chi connectivity index (χ1) is 5.86. The van der Waals surface area contributed by atoms with Crippen molar-refractivity contribution in [3.8, 4) is 0 Å². The van der Waals surface area contributed by atoms with E-state index in [1.807, 2.05) is 0 Å². The number of aliphatic hydroxyl groups excluding tert-OH is 1. The van der Waals surface area contributed by atoms with Crippen LogP contribution in [0.3, 0.4) is 0 Å². The van der Waals surface area contributed by atoms with Gasteiger partial charge >= 0.3 is 11.9 Å². The molecule has 0 aromatic rings. The number of rotatable bonds is 5. The molecule has 0 aromatic heterocycles. The molecule has 0 aromatic carbocycles. The van der Waals surface area contributed by atoms with Crippen molar-refractivity contribution in [3.63, 3.8) is 0 Å². The van der Waals surface area contributed by atoms with Crippen molar-refractivity contribution in [2.75, 3.05) is 6.16 Å². The summed E-state index contributed by atoms with van der Waals surface area (Å²) >= 11 is 0. The molecule has 0 rings (SSSR count). The summed E-state index contributed by atoms with van der Waals surface area (Å²) < 4.78 is 0. The smallest absolute Gasteiger partial charge is 0.333 e. The first-order valence-corrected chi connectivity index (χ1v) is 4.58. The largest absolute Gasteiger partial charge is 0.481 e. The highest BCUT2D eigenvalue weighted by molar-refractivity contribution is 7.45. The normalized spacial score (nSPS) is 15.4. The van der Waals surface area contributed by atoms with Crippen molar-refractivity contribution in [1.29, 1.82) is 0 Å². The van der Waals surface area contributed by atoms with E-state index in [2.05, 4.69) is 0 Å². The van der Waals surface area contributed by atoms with Crippen molar-refractivity contribution in [2.45, 2.75) is 6.10 Å². The molecule has 1 unspecified atom stereocenters. The molecule has 0 aliphatic carbocycles. The lowest BCUT2D eigenvalue weighted by Gasteiger charge is -2.15. The zero-order chi connectivity index (χ0) is 10.6. The maximum absolute atomic E-state index is 10.3. The first kappa shape index (κ1) is 12.2. The number of aliphatic hydroxyl groups is 1. The third-order valence-electron chi connectivity index (χ3n) is 1.31. The summed E-state index contributed by atoms with van der Waals surface area (Å²) in [6, 6.07) is 0. The molecule has 0 radical (unpaired) electrons. The predicted molar refractivity (Wildman–Crippen MR) is 41.0 cm³/mol. The van der Waals surface area contributed by atoms with Gasteiger partial charge in [0.25, 0.3) is 0 Å². The van der Waals surface area contributed by atoms with E-state index in [0.717, 1.165) is 0 Å². The molecule has 76 valence electrons. The van der Waals surface area contributed by atoms with Gasteiger partial charge < -0.3 is 25.1 Å². The van der Waals surface area contributed by atoms with Gasteiger partial charge in [-0.2, -0.15) is 0 Å². The van der Waals surface area contributed by atoms with Crippen LogP contribution in [-0.4, -0.2) is 49.3 Å². The molecule has 8 heteroatoms. The average Bonchev–Trinajstić information content (AvgIpc) is 1.97. The predicted octanol–water partition coefficient (Wildman–Crippen LogP) is -1.57. The summed E-state index contributed by atoms with van der Waals surface area (Å²) in [6.07, 6.45) is -2.79. The molecule has 7 nitrogen and oxygen atoms in total. The molecular formula is C5H9O7P. The molecule has 0 saturated heterocycles. The molecule has 0 bridgehead atoms. The SMILES string of the molecule is O=C(O)C(CP(O)O)[C@@H](O)C(=O)O. The Morgan fingerprint density at radius 3 is 1.85 bits per heavy atom. The zero-order valence-corrected chi connectivity index (χ0v) is 7.26. The maximum atomic E-state index is 10.3. The van der Waals surface area contributed by atoms with E-state index >= 15 is 0 Å². The van der Waals surface area contributed by atoms with Crippen LogP contribution in [0.5, 0.6) is 0 Å². The van der Waals surface area contributed by atoms with Crippen LogP contribution in [0.25, 0.3) is 0 Å². The molecule has 13 heavy (non-hydrogen) atoms. The summed E-state index contributed by atoms with van der Waals surface area (Å²) in [6.45, 7) is 0. The van der Waals surface area contributed by atoms with Crippen LogP contribution < -0.4 is 0 Å². The Kier molecular flexibility index (Phi) is 4.79. The van der Waals surface area contributed by atoms with Crippen LogP contribution in [0.4, 0.5) is 0 Å². The Bertz CT molecular complexity index is 203. The van der Waals surface area contributed by atoms with Gasteiger partial charge in [-0.25, -0.2) is 4.79 Å². The Hall–Kier alpha value is -0.750. The van der Waals surface area contributed by atoms with Crippen LogP contribution in [0.15, 0.2) is 0 Å². The van der Waals surface area contributed by atoms with Gasteiger partial charge in [0.1, 0.15) is 5.92 Å². The third kappa shape index (κ3) is 4.14. The van der Waals surface area contributed by atoms with E-state index < -0.39 is 38.5 Å². The lowest BCUT2D eigenvalue weighted by molar-refractivity contribution is -0.158. The van der Waals surface area contributed by atoms with E-state index in [1.165, 1.54) is 0 Å². The van der Waals surface area contributed by atoms with E-state index in [4.69, 9.17) is 25.1 Å². The minimum absolute atomic E-state index is 0.669. The second kappa shape index (κ2) is 5.08. The number of hydrogen-bond acceptors (Lipinski definition) is 5. The number of hydrogen-bond donors (Lipinski definition) is 5. The molecular weight excluding hydrogens is 203 g/mol. The van der Waals surface area contributed by atoms with Crippen molar-refractivity contribution < 1.29 is 34.7 Å². The number of carboxylic acid groups (broad SMARTS) is 2. The van der Waals surface area contributed by atoms with Crippen LogP contribution in [0.1, 0.15) is 0 Å². The lowest BCUT2D eigenvalue weighted by atomic mass is 10.1. The topological polar surface area (TPSA) is 135 Å². The van der Waals surface area contributed by atoms with E-state index in [1.54, 1.807) is 0 Å². The van der Waals surface area contributed by atoms with E-state index in [-0.39, 0.29) is 0 Å². The van der Waals surface area contributed by atoms with E-state index in [0.29, 0.717) is 0 Å².